The predicted molar refractivity (Wildman–Crippen MR) is 54.9 cm³/mol. The second kappa shape index (κ2) is 4.29. The van der Waals surface area contributed by atoms with Crippen LogP contribution in [0, 0.1) is 6.92 Å². The molecule has 0 saturated carbocycles. The van der Waals surface area contributed by atoms with E-state index in [0.29, 0.717) is 12.2 Å². The Bertz CT molecular complexity index is 426. The van der Waals surface area contributed by atoms with Crippen LogP contribution in [0.25, 0.3) is 0 Å². The smallest absolute Gasteiger partial charge is 0.261 e. The molecule has 0 saturated heterocycles. The van der Waals surface area contributed by atoms with Crippen LogP contribution in [-0.2, 0) is 20.4 Å². The summed E-state index contributed by atoms with van der Waals surface area (Å²) in [5.74, 6) is 0. The Labute approximate surface area is 88.1 Å². The third-order valence-electron chi connectivity index (χ3n) is 1.83. The first kappa shape index (κ1) is 11.5. The summed E-state index contributed by atoms with van der Waals surface area (Å²) >= 11 is 0. The van der Waals surface area contributed by atoms with Gasteiger partial charge >= 0.3 is 0 Å². The largest absolute Gasteiger partial charge is 0.380 e. The Balaban J connectivity index is 3.22. The first-order valence-corrected chi connectivity index (χ1v) is 6.29. The number of hydrogen-bond acceptors (Lipinski definition) is 3. The van der Waals surface area contributed by atoms with Crippen molar-refractivity contribution in [3.8, 4) is 0 Å². The van der Waals surface area contributed by atoms with Crippen molar-refractivity contribution in [1.82, 2.24) is 0 Å². The lowest BCUT2D eigenvalue weighted by atomic mass is 10.2. The van der Waals surface area contributed by atoms with Crippen molar-refractivity contribution in [3.05, 3.63) is 29.3 Å². The van der Waals surface area contributed by atoms with E-state index < -0.39 is 9.05 Å². The number of rotatable bonds is 3. The van der Waals surface area contributed by atoms with Gasteiger partial charge in [0.1, 0.15) is 0 Å². The van der Waals surface area contributed by atoms with Gasteiger partial charge in [-0.2, -0.15) is 0 Å². The molecule has 0 bridgehead atoms. The van der Waals surface area contributed by atoms with E-state index in [1.165, 1.54) is 6.07 Å². The van der Waals surface area contributed by atoms with Crippen molar-refractivity contribution >= 4 is 19.7 Å². The van der Waals surface area contributed by atoms with Gasteiger partial charge in [0.05, 0.1) is 11.5 Å². The minimum atomic E-state index is -3.66. The molecular formula is C9H11ClO3S. The zero-order valence-corrected chi connectivity index (χ0v) is 9.52. The molecule has 0 spiro atoms. The van der Waals surface area contributed by atoms with Crippen LogP contribution in [0.15, 0.2) is 23.1 Å². The highest BCUT2D eigenvalue weighted by atomic mass is 35.7. The molecule has 3 nitrogen and oxygen atoms in total. The average molecular weight is 235 g/mol. The number of aryl methyl sites for hydroxylation is 1. The maximum Gasteiger partial charge on any atom is 0.261 e. The third-order valence-corrected chi connectivity index (χ3v) is 3.29. The lowest BCUT2D eigenvalue weighted by molar-refractivity contribution is 0.184. The number of methoxy groups -OCH3 is 1. The monoisotopic (exact) mass is 234 g/mol. The molecule has 78 valence electrons. The number of benzene rings is 1. The van der Waals surface area contributed by atoms with E-state index in [2.05, 4.69) is 0 Å². The molecule has 0 aliphatic heterocycles. The minimum Gasteiger partial charge on any atom is -0.380 e. The van der Waals surface area contributed by atoms with Crippen LogP contribution in [0.5, 0.6) is 0 Å². The van der Waals surface area contributed by atoms with Gasteiger partial charge in [-0.25, -0.2) is 8.42 Å². The molecule has 0 unspecified atom stereocenters. The molecule has 1 aromatic rings. The molecule has 0 atom stereocenters. The van der Waals surface area contributed by atoms with E-state index >= 15 is 0 Å². The lowest BCUT2D eigenvalue weighted by Crippen LogP contribution is -1.97. The molecule has 0 radical (unpaired) electrons. The van der Waals surface area contributed by atoms with Gasteiger partial charge in [0.15, 0.2) is 0 Å². The fourth-order valence-electron chi connectivity index (χ4n) is 1.16. The molecule has 1 aromatic carbocycles. The second-order valence-electron chi connectivity index (χ2n) is 2.97. The van der Waals surface area contributed by atoms with Crippen LogP contribution >= 0.6 is 10.7 Å². The molecule has 0 N–H and O–H groups in total. The molecule has 1 rings (SSSR count). The van der Waals surface area contributed by atoms with Crippen molar-refractivity contribution < 1.29 is 13.2 Å². The SMILES string of the molecule is COCc1ccc(C)c(S(=O)(=O)Cl)c1. The van der Waals surface area contributed by atoms with Crippen LogP contribution < -0.4 is 0 Å². The van der Waals surface area contributed by atoms with Crippen molar-refractivity contribution in [2.75, 3.05) is 7.11 Å². The number of ether oxygens (including phenoxy) is 1. The topological polar surface area (TPSA) is 43.4 Å². The highest BCUT2D eigenvalue weighted by molar-refractivity contribution is 8.13. The molecular weight excluding hydrogens is 224 g/mol. The molecule has 0 aromatic heterocycles. The van der Waals surface area contributed by atoms with Crippen molar-refractivity contribution in [2.45, 2.75) is 18.4 Å². The fraction of sp³-hybridized carbons (Fsp3) is 0.333. The van der Waals surface area contributed by atoms with E-state index in [1.807, 2.05) is 6.07 Å². The van der Waals surface area contributed by atoms with Crippen molar-refractivity contribution in [1.29, 1.82) is 0 Å². The van der Waals surface area contributed by atoms with Gasteiger partial charge in [0.2, 0.25) is 0 Å². The van der Waals surface area contributed by atoms with E-state index in [1.54, 1.807) is 20.1 Å². The minimum absolute atomic E-state index is 0.147. The van der Waals surface area contributed by atoms with E-state index in [-0.39, 0.29) is 4.90 Å². The standard InChI is InChI=1S/C9H11ClO3S/c1-7-3-4-8(6-13-2)5-9(7)14(10,11)12/h3-5H,6H2,1-2H3. The quantitative estimate of drug-likeness (QED) is 0.752. The van der Waals surface area contributed by atoms with Crippen LogP contribution in [-0.4, -0.2) is 15.5 Å². The summed E-state index contributed by atoms with van der Waals surface area (Å²) < 4.78 is 27.2. The van der Waals surface area contributed by atoms with Crippen LogP contribution in [0.1, 0.15) is 11.1 Å². The maximum absolute atomic E-state index is 11.1. The lowest BCUT2D eigenvalue weighted by Gasteiger charge is -2.05. The summed E-state index contributed by atoms with van der Waals surface area (Å²) in [6, 6.07) is 5.05. The summed E-state index contributed by atoms with van der Waals surface area (Å²) in [6.45, 7) is 2.07. The molecule has 0 fully saturated rings. The molecule has 0 aliphatic carbocycles. The summed E-state index contributed by atoms with van der Waals surface area (Å²) in [5, 5.41) is 0. The molecule has 0 amide bonds. The van der Waals surface area contributed by atoms with Gasteiger partial charge in [0.25, 0.3) is 9.05 Å². The molecule has 0 aliphatic rings. The Hall–Kier alpha value is -0.580. The van der Waals surface area contributed by atoms with E-state index in [9.17, 15) is 8.42 Å². The van der Waals surface area contributed by atoms with Gasteiger partial charge in [-0.1, -0.05) is 12.1 Å². The van der Waals surface area contributed by atoms with Crippen LogP contribution in [0.3, 0.4) is 0 Å². The van der Waals surface area contributed by atoms with Crippen LogP contribution in [0.2, 0.25) is 0 Å². The highest BCUT2D eigenvalue weighted by Crippen LogP contribution is 2.21. The number of halogens is 1. The Kier molecular flexibility index (Phi) is 3.53. The Morgan fingerprint density at radius 1 is 1.43 bits per heavy atom. The second-order valence-corrected chi connectivity index (χ2v) is 5.51. The van der Waals surface area contributed by atoms with Gasteiger partial charge in [-0.3, -0.25) is 0 Å². The van der Waals surface area contributed by atoms with E-state index in [0.717, 1.165) is 5.56 Å². The third kappa shape index (κ3) is 2.70. The normalized spacial score (nSPS) is 11.6. The van der Waals surface area contributed by atoms with Crippen molar-refractivity contribution in [3.63, 3.8) is 0 Å². The Morgan fingerprint density at radius 3 is 2.57 bits per heavy atom. The van der Waals surface area contributed by atoms with Crippen LogP contribution in [0.4, 0.5) is 0 Å². The first-order chi connectivity index (χ1) is 6.45. The van der Waals surface area contributed by atoms with Gasteiger partial charge in [-0.05, 0) is 24.1 Å². The van der Waals surface area contributed by atoms with Gasteiger partial charge in [0, 0.05) is 17.8 Å². The average Bonchev–Trinajstić information content (AvgIpc) is 2.07. The molecule has 14 heavy (non-hydrogen) atoms. The zero-order chi connectivity index (χ0) is 10.8. The fourth-order valence-corrected chi connectivity index (χ4v) is 2.41. The predicted octanol–water partition coefficient (Wildman–Crippen LogP) is 2.07. The summed E-state index contributed by atoms with van der Waals surface area (Å²) in [4.78, 5) is 0.147. The number of hydrogen-bond donors (Lipinski definition) is 0. The molecule has 0 heterocycles. The molecule has 5 heteroatoms. The maximum atomic E-state index is 11.1. The van der Waals surface area contributed by atoms with Gasteiger partial charge < -0.3 is 4.74 Å². The summed E-state index contributed by atoms with van der Waals surface area (Å²) in [6.07, 6.45) is 0. The van der Waals surface area contributed by atoms with Gasteiger partial charge in [-0.15, -0.1) is 0 Å². The Morgan fingerprint density at radius 2 is 2.07 bits per heavy atom. The zero-order valence-electron chi connectivity index (χ0n) is 7.95. The highest BCUT2D eigenvalue weighted by Gasteiger charge is 2.13. The van der Waals surface area contributed by atoms with E-state index in [4.69, 9.17) is 15.4 Å². The summed E-state index contributed by atoms with van der Waals surface area (Å²) in [5.41, 5.74) is 1.43. The first-order valence-electron chi connectivity index (χ1n) is 3.98. The summed E-state index contributed by atoms with van der Waals surface area (Å²) in [7, 11) is 3.16. The van der Waals surface area contributed by atoms with Crippen molar-refractivity contribution in [2.24, 2.45) is 0 Å².